The summed E-state index contributed by atoms with van der Waals surface area (Å²) in [5, 5.41) is 5.13. The molecule has 0 atom stereocenters. The number of rotatable bonds is 12. The van der Waals surface area contributed by atoms with E-state index in [4.69, 9.17) is 9.47 Å². The molecular formula is C20H27N3O4S. The number of nitrogens with zero attached hydrogens (tertiary/aromatic N) is 2. The van der Waals surface area contributed by atoms with Crippen LogP contribution in [0.4, 0.5) is 5.13 Å². The number of nitrogens with one attached hydrogen (secondary N) is 1. The number of anilines is 1. The van der Waals surface area contributed by atoms with E-state index in [1.54, 1.807) is 0 Å². The molecule has 0 aliphatic rings. The summed E-state index contributed by atoms with van der Waals surface area (Å²) in [5.74, 6) is -0.500. The maximum absolute atomic E-state index is 12.6. The summed E-state index contributed by atoms with van der Waals surface area (Å²) in [6.45, 7) is 5.60. The van der Waals surface area contributed by atoms with Crippen molar-refractivity contribution >= 4 is 28.3 Å². The molecule has 0 radical (unpaired) electrons. The van der Waals surface area contributed by atoms with Gasteiger partial charge in [0.15, 0.2) is 5.13 Å². The lowest BCUT2D eigenvalue weighted by Crippen LogP contribution is -2.41. The largest absolute Gasteiger partial charge is 0.382 e. The van der Waals surface area contributed by atoms with Crippen molar-refractivity contribution in [1.29, 1.82) is 0 Å². The van der Waals surface area contributed by atoms with Crippen LogP contribution < -0.4 is 5.32 Å². The number of aromatic nitrogens is 1. The molecule has 2 aromatic rings. The van der Waals surface area contributed by atoms with Crippen LogP contribution in [0, 0.1) is 6.92 Å². The van der Waals surface area contributed by atoms with Crippen LogP contribution in [0.5, 0.6) is 0 Å². The molecule has 8 heteroatoms. The molecule has 2 rings (SSSR count). The SMILES string of the molecule is CCOCCCN(CC(=O)Nc1nc(C)cs1)C(=O)COCc1ccccc1. The highest BCUT2D eigenvalue weighted by Gasteiger charge is 2.18. The molecule has 0 unspecified atom stereocenters. The molecule has 0 saturated heterocycles. The van der Waals surface area contributed by atoms with E-state index in [9.17, 15) is 9.59 Å². The van der Waals surface area contributed by atoms with Crippen molar-refractivity contribution in [1.82, 2.24) is 9.88 Å². The zero-order valence-corrected chi connectivity index (χ0v) is 17.2. The van der Waals surface area contributed by atoms with Gasteiger partial charge in [-0.3, -0.25) is 9.59 Å². The summed E-state index contributed by atoms with van der Waals surface area (Å²) in [6, 6.07) is 9.65. The minimum atomic E-state index is -0.276. The van der Waals surface area contributed by atoms with Gasteiger partial charge < -0.3 is 19.7 Å². The van der Waals surface area contributed by atoms with Crippen LogP contribution in [0.3, 0.4) is 0 Å². The topological polar surface area (TPSA) is 80.8 Å². The van der Waals surface area contributed by atoms with Crippen molar-refractivity contribution in [3.63, 3.8) is 0 Å². The number of aryl methyl sites for hydroxylation is 1. The Bertz CT molecular complexity index is 736. The van der Waals surface area contributed by atoms with Crippen molar-refractivity contribution in [2.24, 2.45) is 0 Å². The third-order valence-corrected chi connectivity index (χ3v) is 4.69. The second-order valence-electron chi connectivity index (χ2n) is 6.19. The summed E-state index contributed by atoms with van der Waals surface area (Å²) in [7, 11) is 0. The molecule has 1 N–H and O–H groups in total. The Kier molecular flexibility index (Phi) is 9.61. The van der Waals surface area contributed by atoms with Gasteiger partial charge in [-0.2, -0.15) is 0 Å². The Balaban J connectivity index is 1.85. The van der Waals surface area contributed by atoms with Crippen LogP contribution in [0.25, 0.3) is 0 Å². The predicted molar refractivity (Wildman–Crippen MR) is 109 cm³/mol. The Morgan fingerprint density at radius 2 is 2.00 bits per heavy atom. The number of carbonyl (C=O) groups excluding carboxylic acids is 2. The van der Waals surface area contributed by atoms with Crippen LogP contribution in [-0.2, 0) is 25.7 Å². The van der Waals surface area contributed by atoms with Crippen LogP contribution in [-0.4, -0.2) is 54.6 Å². The molecule has 0 aliphatic carbocycles. The fraction of sp³-hybridized carbons (Fsp3) is 0.450. The van der Waals surface area contributed by atoms with Gasteiger partial charge in [0.1, 0.15) is 6.61 Å². The van der Waals surface area contributed by atoms with Gasteiger partial charge in [0.2, 0.25) is 11.8 Å². The first-order chi connectivity index (χ1) is 13.6. The van der Waals surface area contributed by atoms with Gasteiger partial charge in [0.25, 0.3) is 0 Å². The minimum absolute atomic E-state index is 0.0434. The van der Waals surface area contributed by atoms with Crippen molar-refractivity contribution in [2.45, 2.75) is 26.9 Å². The third kappa shape index (κ3) is 8.16. The molecule has 7 nitrogen and oxygen atoms in total. The number of thiazole rings is 1. The lowest BCUT2D eigenvalue weighted by molar-refractivity contribution is -0.139. The number of amides is 2. The van der Waals surface area contributed by atoms with E-state index in [0.717, 1.165) is 11.3 Å². The average Bonchev–Trinajstić information content (AvgIpc) is 3.09. The van der Waals surface area contributed by atoms with Crippen LogP contribution in [0.1, 0.15) is 24.6 Å². The van der Waals surface area contributed by atoms with E-state index in [-0.39, 0.29) is 25.0 Å². The maximum Gasteiger partial charge on any atom is 0.249 e. The number of ether oxygens (including phenoxy) is 2. The summed E-state index contributed by atoms with van der Waals surface area (Å²) in [4.78, 5) is 30.6. The first kappa shape index (κ1) is 22.0. The second kappa shape index (κ2) is 12.2. The van der Waals surface area contributed by atoms with Crippen LogP contribution in [0.15, 0.2) is 35.7 Å². The van der Waals surface area contributed by atoms with Gasteiger partial charge in [-0.1, -0.05) is 30.3 Å². The normalized spacial score (nSPS) is 10.6. The molecule has 0 aliphatic heterocycles. The smallest absolute Gasteiger partial charge is 0.249 e. The molecule has 0 bridgehead atoms. The van der Waals surface area contributed by atoms with E-state index in [1.165, 1.54) is 16.2 Å². The molecule has 1 aromatic heterocycles. The lowest BCUT2D eigenvalue weighted by atomic mass is 10.2. The summed E-state index contributed by atoms with van der Waals surface area (Å²) >= 11 is 1.36. The highest BCUT2D eigenvalue weighted by molar-refractivity contribution is 7.13. The monoisotopic (exact) mass is 405 g/mol. The molecular weight excluding hydrogens is 378 g/mol. The molecule has 28 heavy (non-hydrogen) atoms. The quantitative estimate of drug-likeness (QED) is 0.549. The molecule has 1 heterocycles. The Morgan fingerprint density at radius 3 is 2.68 bits per heavy atom. The molecule has 2 amide bonds. The Hall–Kier alpha value is -2.29. The number of benzene rings is 1. The average molecular weight is 406 g/mol. The van der Waals surface area contributed by atoms with Gasteiger partial charge in [0.05, 0.1) is 18.8 Å². The standard InChI is InChI=1S/C20H27N3O4S/c1-3-26-11-7-10-23(12-18(24)22-20-21-16(2)15-28-20)19(25)14-27-13-17-8-5-4-6-9-17/h4-6,8-9,15H,3,7,10-14H2,1-2H3,(H,21,22,24). The number of carbonyl (C=O) groups is 2. The van der Waals surface area contributed by atoms with E-state index >= 15 is 0 Å². The molecule has 0 spiro atoms. The minimum Gasteiger partial charge on any atom is -0.382 e. The van der Waals surface area contributed by atoms with Crippen molar-refractivity contribution in [2.75, 3.05) is 38.2 Å². The summed E-state index contributed by atoms with van der Waals surface area (Å²) in [6.07, 6.45) is 0.655. The summed E-state index contributed by atoms with van der Waals surface area (Å²) < 4.78 is 10.9. The molecule has 0 fully saturated rings. The van der Waals surface area contributed by atoms with Gasteiger partial charge in [-0.15, -0.1) is 11.3 Å². The maximum atomic E-state index is 12.6. The van der Waals surface area contributed by atoms with Gasteiger partial charge in [0, 0.05) is 25.1 Å². The van der Waals surface area contributed by atoms with E-state index < -0.39 is 0 Å². The van der Waals surface area contributed by atoms with E-state index in [2.05, 4.69) is 10.3 Å². The van der Waals surface area contributed by atoms with Crippen molar-refractivity contribution in [3.8, 4) is 0 Å². The lowest BCUT2D eigenvalue weighted by Gasteiger charge is -2.22. The number of hydrogen-bond donors (Lipinski definition) is 1. The highest BCUT2D eigenvalue weighted by Crippen LogP contribution is 2.14. The predicted octanol–water partition coefficient (Wildman–Crippen LogP) is 2.86. The van der Waals surface area contributed by atoms with Gasteiger partial charge in [-0.25, -0.2) is 4.98 Å². The fourth-order valence-corrected chi connectivity index (χ4v) is 3.16. The first-order valence-electron chi connectivity index (χ1n) is 9.27. The Labute approximate surface area is 169 Å². The van der Waals surface area contributed by atoms with Gasteiger partial charge in [-0.05, 0) is 25.8 Å². The van der Waals surface area contributed by atoms with E-state index in [1.807, 2.05) is 49.6 Å². The number of hydrogen-bond acceptors (Lipinski definition) is 6. The zero-order chi connectivity index (χ0) is 20.2. The fourth-order valence-electron chi connectivity index (χ4n) is 2.46. The highest BCUT2D eigenvalue weighted by atomic mass is 32.1. The van der Waals surface area contributed by atoms with E-state index in [0.29, 0.717) is 37.9 Å². The third-order valence-electron chi connectivity index (χ3n) is 3.81. The van der Waals surface area contributed by atoms with Crippen molar-refractivity contribution < 1.29 is 19.1 Å². The Morgan fingerprint density at radius 1 is 1.21 bits per heavy atom. The molecule has 0 saturated carbocycles. The molecule has 152 valence electrons. The van der Waals surface area contributed by atoms with Crippen LogP contribution >= 0.6 is 11.3 Å². The second-order valence-corrected chi connectivity index (χ2v) is 7.04. The first-order valence-corrected chi connectivity index (χ1v) is 10.2. The summed E-state index contributed by atoms with van der Waals surface area (Å²) in [5.41, 5.74) is 1.84. The molecule has 1 aromatic carbocycles. The van der Waals surface area contributed by atoms with Crippen LogP contribution in [0.2, 0.25) is 0 Å². The van der Waals surface area contributed by atoms with Crippen molar-refractivity contribution in [3.05, 3.63) is 47.0 Å². The van der Waals surface area contributed by atoms with Gasteiger partial charge >= 0.3 is 0 Å². The zero-order valence-electron chi connectivity index (χ0n) is 16.3.